The summed E-state index contributed by atoms with van der Waals surface area (Å²) in [6.45, 7) is 3.96. The largest absolute Gasteiger partial charge is 0.497 e. The van der Waals surface area contributed by atoms with Crippen LogP contribution in [-0.2, 0) is 0 Å². The van der Waals surface area contributed by atoms with Crippen molar-refractivity contribution in [2.45, 2.75) is 13.8 Å². The fourth-order valence-corrected chi connectivity index (χ4v) is 2.23. The van der Waals surface area contributed by atoms with Gasteiger partial charge in [0.05, 0.1) is 14.2 Å². The SMILES string of the molecule is COc1cc(Nc2nccc(Nc3n[nH]c(C)c3C)n2)cc(OC)c1. The lowest BCUT2D eigenvalue weighted by Crippen LogP contribution is -2.01. The van der Waals surface area contributed by atoms with Crippen LogP contribution in [0.2, 0.25) is 0 Å². The Kier molecular flexibility index (Phi) is 4.69. The highest BCUT2D eigenvalue weighted by atomic mass is 16.5. The number of anilines is 4. The van der Waals surface area contributed by atoms with E-state index in [1.807, 2.05) is 26.0 Å². The second kappa shape index (κ2) is 7.08. The first-order chi connectivity index (χ1) is 12.1. The zero-order valence-corrected chi connectivity index (χ0v) is 14.5. The van der Waals surface area contributed by atoms with Crippen LogP contribution in [0.4, 0.5) is 23.3 Å². The number of methoxy groups -OCH3 is 2. The predicted octanol–water partition coefficient (Wildman–Crippen LogP) is 3.32. The van der Waals surface area contributed by atoms with Gasteiger partial charge >= 0.3 is 0 Å². The molecule has 8 nitrogen and oxygen atoms in total. The molecule has 0 saturated carbocycles. The van der Waals surface area contributed by atoms with Crippen LogP contribution in [0.15, 0.2) is 30.5 Å². The molecule has 0 amide bonds. The normalized spacial score (nSPS) is 10.4. The van der Waals surface area contributed by atoms with Gasteiger partial charge in [0.2, 0.25) is 5.95 Å². The molecule has 3 N–H and O–H groups in total. The van der Waals surface area contributed by atoms with Crippen molar-refractivity contribution < 1.29 is 9.47 Å². The first kappa shape index (κ1) is 16.6. The summed E-state index contributed by atoms with van der Waals surface area (Å²) < 4.78 is 10.5. The molecule has 130 valence electrons. The Hall–Kier alpha value is -3.29. The van der Waals surface area contributed by atoms with E-state index in [0.717, 1.165) is 22.8 Å². The standard InChI is InChI=1S/C17H20N6O2/c1-10-11(2)22-23-16(10)20-15-5-6-18-17(21-15)19-12-7-13(24-3)9-14(8-12)25-4/h5-9H,1-4H3,(H3,18,19,20,21,22,23). The Balaban J connectivity index is 1.81. The minimum atomic E-state index is 0.449. The molecule has 0 fully saturated rings. The topological polar surface area (TPSA) is 97.0 Å². The number of aromatic amines is 1. The third-order valence-electron chi connectivity index (χ3n) is 3.76. The van der Waals surface area contributed by atoms with Gasteiger partial charge in [0.25, 0.3) is 0 Å². The number of ether oxygens (including phenoxy) is 2. The van der Waals surface area contributed by atoms with Crippen molar-refractivity contribution in [3.05, 3.63) is 41.7 Å². The smallest absolute Gasteiger partial charge is 0.229 e. The van der Waals surface area contributed by atoms with Crippen LogP contribution in [0.1, 0.15) is 11.3 Å². The van der Waals surface area contributed by atoms with Gasteiger partial charge in [0.15, 0.2) is 5.82 Å². The third-order valence-corrected chi connectivity index (χ3v) is 3.76. The molecule has 0 radical (unpaired) electrons. The molecule has 0 unspecified atom stereocenters. The molecular formula is C17H20N6O2. The summed E-state index contributed by atoms with van der Waals surface area (Å²) in [6, 6.07) is 7.26. The van der Waals surface area contributed by atoms with Gasteiger partial charge in [0.1, 0.15) is 17.3 Å². The summed E-state index contributed by atoms with van der Waals surface area (Å²) in [5, 5.41) is 13.5. The summed E-state index contributed by atoms with van der Waals surface area (Å²) in [5.74, 6) is 3.19. The number of nitrogens with one attached hydrogen (secondary N) is 3. The van der Waals surface area contributed by atoms with Crippen molar-refractivity contribution in [3.8, 4) is 11.5 Å². The van der Waals surface area contributed by atoms with Crippen LogP contribution in [0.5, 0.6) is 11.5 Å². The van der Waals surface area contributed by atoms with Crippen LogP contribution in [0.25, 0.3) is 0 Å². The maximum atomic E-state index is 5.27. The first-order valence-electron chi connectivity index (χ1n) is 7.71. The maximum Gasteiger partial charge on any atom is 0.229 e. The van der Waals surface area contributed by atoms with E-state index in [-0.39, 0.29) is 0 Å². The van der Waals surface area contributed by atoms with Crippen molar-refractivity contribution in [3.63, 3.8) is 0 Å². The number of aryl methyl sites for hydroxylation is 1. The van der Waals surface area contributed by atoms with Crippen molar-refractivity contribution >= 4 is 23.3 Å². The number of rotatable bonds is 6. The van der Waals surface area contributed by atoms with E-state index in [2.05, 4.69) is 30.8 Å². The van der Waals surface area contributed by atoms with E-state index in [0.29, 0.717) is 23.3 Å². The number of benzene rings is 1. The summed E-state index contributed by atoms with van der Waals surface area (Å²) in [4.78, 5) is 8.70. The molecule has 0 aliphatic heterocycles. The van der Waals surface area contributed by atoms with Gasteiger partial charge in [-0.1, -0.05) is 0 Å². The minimum Gasteiger partial charge on any atom is -0.497 e. The first-order valence-corrected chi connectivity index (χ1v) is 7.71. The summed E-state index contributed by atoms with van der Waals surface area (Å²) >= 11 is 0. The van der Waals surface area contributed by atoms with E-state index < -0.39 is 0 Å². The second-order valence-corrected chi connectivity index (χ2v) is 5.44. The zero-order chi connectivity index (χ0) is 17.8. The van der Waals surface area contributed by atoms with E-state index in [1.165, 1.54) is 0 Å². The van der Waals surface area contributed by atoms with Crippen LogP contribution < -0.4 is 20.1 Å². The summed E-state index contributed by atoms with van der Waals surface area (Å²) in [7, 11) is 3.21. The quantitative estimate of drug-likeness (QED) is 0.633. The molecule has 2 heterocycles. The number of nitrogens with zero attached hydrogens (tertiary/aromatic N) is 3. The van der Waals surface area contributed by atoms with Gasteiger partial charge in [-0.15, -0.1) is 0 Å². The van der Waals surface area contributed by atoms with Crippen molar-refractivity contribution in [1.29, 1.82) is 0 Å². The number of hydrogen-bond acceptors (Lipinski definition) is 7. The lowest BCUT2D eigenvalue weighted by atomic mass is 10.3. The Labute approximate surface area is 145 Å². The predicted molar refractivity (Wildman–Crippen MR) is 96.2 cm³/mol. The molecule has 0 aliphatic carbocycles. The summed E-state index contributed by atoms with van der Waals surface area (Å²) in [5.41, 5.74) is 2.82. The molecule has 3 aromatic rings. The highest BCUT2D eigenvalue weighted by Crippen LogP contribution is 2.27. The van der Waals surface area contributed by atoms with E-state index in [9.17, 15) is 0 Å². The lowest BCUT2D eigenvalue weighted by molar-refractivity contribution is 0.395. The number of H-pyrrole nitrogens is 1. The van der Waals surface area contributed by atoms with Crippen molar-refractivity contribution in [2.24, 2.45) is 0 Å². The van der Waals surface area contributed by atoms with Crippen LogP contribution in [0, 0.1) is 13.8 Å². The fourth-order valence-electron chi connectivity index (χ4n) is 2.23. The fraction of sp³-hybridized carbons (Fsp3) is 0.235. The van der Waals surface area contributed by atoms with Gasteiger partial charge < -0.3 is 20.1 Å². The van der Waals surface area contributed by atoms with Gasteiger partial charge in [-0.3, -0.25) is 5.10 Å². The molecule has 0 atom stereocenters. The summed E-state index contributed by atoms with van der Waals surface area (Å²) in [6.07, 6.45) is 1.67. The van der Waals surface area contributed by atoms with E-state index in [4.69, 9.17) is 9.47 Å². The molecule has 1 aromatic carbocycles. The Morgan fingerprint density at radius 1 is 1.00 bits per heavy atom. The lowest BCUT2D eigenvalue weighted by Gasteiger charge is -2.10. The highest BCUT2D eigenvalue weighted by molar-refractivity contribution is 5.62. The Morgan fingerprint density at radius 3 is 2.32 bits per heavy atom. The van der Waals surface area contributed by atoms with Crippen LogP contribution >= 0.6 is 0 Å². The van der Waals surface area contributed by atoms with Gasteiger partial charge in [-0.2, -0.15) is 10.1 Å². The van der Waals surface area contributed by atoms with Gasteiger partial charge in [-0.25, -0.2) is 4.98 Å². The van der Waals surface area contributed by atoms with Crippen molar-refractivity contribution in [2.75, 3.05) is 24.9 Å². The molecule has 2 aromatic heterocycles. The third kappa shape index (κ3) is 3.79. The highest BCUT2D eigenvalue weighted by Gasteiger charge is 2.08. The Morgan fingerprint density at radius 2 is 1.72 bits per heavy atom. The van der Waals surface area contributed by atoms with Gasteiger partial charge in [-0.05, 0) is 19.9 Å². The van der Waals surface area contributed by atoms with Crippen molar-refractivity contribution in [1.82, 2.24) is 20.2 Å². The Bertz CT molecular complexity index is 855. The monoisotopic (exact) mass is 340 g/mol. The van der Waals surface area contributed by atoms with Crippen LogP contribution in [0.3, 0.4) is 0 Å². The average molecular weight is 340 g/mol. The second-order valence-electron chi connectivity index (χ2n) is 5.44. The molecule has 3 rings (SSSR count). The minimum absolute atomic E-state index is 0.449. The molecule has 8 heteroatoms. The number of hydrogen-bond donors (Lipinski definition) is 3. The molecule has 0 bridgehead atoms. The molecule has 0 saturated heterocycles. The van der Waals surface area contributed by atoms with Gasteiger partial charge in [0, 0.05) is 41.3 Å². The van der Waals surface area contributed by atoms with E-state index in [1.54, 1.807) is 32.5 Å². The average Bonchev–Trinajstić information content (AvgIpc) is 2.93. The maximum absolute atomic E-state index is 5.27. The number of aromatic nitrogens is 4. The molecule has 0 aliphatic rings. The zero-order valence-electron chi connectivity index (χ0n) is 14.5. The molecule has 25 heavy (non-hydrogen) atoms. The van der Waals surface area contributed by atoms with Crippen LogP contribution in [-0.4, -0.2) is 34.4 Å². The molecule has 0 spiro atoms. The molecular weight excluding hydrogens is 320 g/mol. The van der Waals surface area contributed by atoms with E-state index >= 15 is 0 Å².